The van der Waals surface area contributed by atoms with Crippen LogP contribution in [0.2, 0.25) is 0 Å². The summed E-state index contributed by atoms with van der Waals surface area (Å²) in [6.07, 6.45) is 6.83. The molecule has 0 amide bonds. The van der Waals surface area contributed by atoms with Gasteiger partial charge in [0.25, 0.3) is 0 Å². The number of oxime groups is 2. The summed E-state index contributed by atoms with van der Waals surface area (Å²) in [5.74, 6) is -0.989. The van der Waals surface area contributed by atoms with Crippen molar-refractivity contribution >= 4 is 40.0 Å². The van der Waals surface area contributed by atoms with Crippen LogP contribution in [0, 0.1) is 0 Å². The number of carbonyl (C=O) groups is 3. The van der Waals surface area contributed by atoms with E-state index in [1.807, 2.05) is 47.2 Å². The normalized spacial score (nSPS) is 12.0. The molecule has 0 fully saturated rings. The average molecular weight is 504 g/mol. The van der Waals surface area contributed by atoms with Gasteiger partial charge in [0.05, 0.1) is 16.9 Å². The number of hydrogen-bond acceptors (Lipinski definition) is 7. The lowest BCUT2D eigenvalue weighted by Gasteiger charge is -2.08. The largest absolute Gasteiger partial charge is 0.331 e. The average Bonchev–Trinajstić information content (AvgIpc) is 3.25. The van der Waals surface area contributed by atoms with Crippen molar-refractivity contribution in [2.24, 2.45) is 10.3 Å². The highest BCUT2D eigenvalue weighted by molar-refractivity contribution is 6.12. The molecule has 0 saturated carbocycles. The first-order valence-electron chi connectivity index (χ1n) is 12.4. The minimum Gasteiger partial charge on any atom is -0.318 e. The molecule has 0 radical (unpaired) electrons. The molecule has 0 atom stereocenters. The molecule has 8 nitrogen and oxygen atoms in total. The van der Waals surface area contributed by atoms with Crippen LogP contribution in [0.3, 0.4) is 0 Å². The maximum Gasteiger partial charge on any atom is 0.331 e. The van der Waals surface area contributed by atoms with Crippen LogP contribution < -0.4 is 0 Å². The molecular formula is C29H33N3O5. The second-order valence-electron chi connectivity index (χ2n) is 8.94. The number of fused-ring (bicyclic) bond motifs is 1. The molecule has 0 spiro atoms. The van der Waals surface area contributed by atoms with E-state index in [1.54, 1.807) is 13.0 Å². The van der Waals surface area contributed by atoms with Crippen molar-refractivity contribution in [2.45, 2.75) is 66.7 Å². The van der Waals surface area contributed by atoms with E-state index >= 15 is 0 Å². The zero-order chi connectivity index (χ0) is 26.9. The Balaban J connectivity index is 2.10. The summed E-state index contributed by atoms with van der Waals surface area (Å²) in [5.41, 5.74) is 5.20. The predicted molar refractivity (Wildman–Crippen MR) is 144 cm³/mol. The van der Waals surface area contributed by atoms with Crippen LogP contribution in [0.25, 0.3) is 16.6 Å². The molecule has 2 aromatic carbocycles. The van der Waals surface area contributed by atoms with E-state index in [-0.39, 0.29) is 5.78 Å². The molecule has 1 aromatic heterocycles. The van der Waals surface area contributed by atoms with Crippen LogP contribution in [-0.2, 0) is 19.3 Å². The van der Waals surface area contributed by atoms with Crippen LogP contribution in [0.4, 0.5) is 0 Å². The third-order valence-corrected chi connectivity index (χ3v) is 5.95. The molecule has 194 valence electrons. The summed E-state index contributed by atoms with van der Waals surface area (Å²) in [6, 6.07) is 13.2. The lowest BCUT2D eigenvalue weighted by atomic mass is 10.0. The zero-order valence-corrected chi connectivity index (χ0v) is 22.0. The van der Waals surface area contributed by atoms with Crippen LogP contribution in [0.1, 0.15) is 88.2 Å². The number of rotatable bonds is 11. The Morgan fingerprint density at radius 2 is 1.46 bits per heavy atom. The van der Waals surface area contributed by atoms with Gasteiger partial charge >= 0.3 is 11.9 Å². The van der Waals surface area contributed by atoms with Crippen molar-refractivity contribution in [2.75, 3.05) is 0 Å². The second kappa shape index (κ2) is 12.8. The van der Waals surface area contributed by atoms with E-state index in [1.165, 1.54) is 20.8 Å². The van der Waals surface area contributed by atoms with Gasteiger partial charge in [-0.2, -0.15) is 0 Å². The van der Waals surface area contributed by atoms with Crippen LogP contribution in [0.15, 0.2) is 59.0 Å². The Morgan fingerprint density at radius 3 is 2.08 bits per heavy atom. The molecule has 0 aliphatic rings. The Kier molecular flexibility index (Phi) is 9.49. The molecule has 0 unspecified atom stereocenters. The fourth-order valence-corrected chi connectivity index (χ4v) is 4.01. The van der Waals surface area contributed by atoms with Crippen molar-refractivity contribution in [1.82, 2.24) is 4.57 Å². The Morgan fingerprint density at radius 1 is 0.811 bits per heavy atom. The number of benzene rings is 2. The van der Waals surface area contributed by atoms with E-state index in [0.29, 0.717) is 23.4 Å². The van der Waals surface area contributed by atoms with Gasteiger partial charge < -0.3 is 14.2 Å². The Labute approximate surface area is 216 Å². The molecule has 3 rings (SSSR count). The smallest absolute Gasteiger partial charge is 0.318 e. The van der Waals surface area contributed by atoms with Gasteiger partial charge in [0.2, 0.25) is 0 Å². The summed E-state index contributed by atoms with van der Waals surface area (Å²) in [4.78, 5) is 44.5. The Hall–Kier alpha value is -4.07. The molecular weight excluding hydrogens is 470 g/mol. The van der Waals surface area contributed by atoms with Gasteiger partial charge in [0, 0.05) is 42.2 Å². The predicted octanol–water partition coefficient (Wildman–Crippen LogP) is 6.36. The molecule has 0 bridgehead atoms. The van der Waals surface area contributed by atoms with Crippen molar-refractivity contribution in [3.8, 4) is 5.69 Å². The zero-order valence-electron chi connectivity index (χ0n) is 22.0. The summed E-state index contributed by atoms with van der Waals surface area (Å²) < 4.78 is 1.99. The summed E-state index contributed by atoms with van der Waals surface area (Å²) in [7, 11) is 0. The van der Waals surface area contributed by atoms with Gasteiger partial charge in [0.15, 0.2) is 5.78 Å². The third kappa shape index (κ3) is 7.22. The number of ketones is 1. The van der Waals surface area contributed by atoms with E-state index in [4.69, 9.17) is 9.68 Å². The van der Waals surface area contributed by atoms with E-state index in [9.17, 15) is 14.4 Å². The number of aromatic nitrogens is 1. The molecule has 0 aliphatic heterocycles. The summed E-state index contributed by atoms with van der Waals surface area (Å²) in [5, 5.41) is 8.96. The maximum absolute atomic E-state index is 12.1. The van der Waals surface area contributed by atoms with Crippen molar-refractivity contribution in [1.29, 1.82) is 0 Å². The van der Waals surface area contributed by atoms with Gasteiger partial charge in [-0.25, -0.2) is 9.59 Å². The minimum absolute atomic E-state index is 0.0303. The van der Waals surface area contributed by atoms with Crippen LogP contribution in [0.5, 0.6) is 0 Å². The highest BCUT2D eigenvalue weighted by Crippen LogP contribution is 2.29. The standard InChI is InChI=1S/C29H33N3O5/c1-6-7-8-9-10-28(31-37-22(5)35)27-18-32(29-17-24(20(3)33)13-16-26(27)29)25-14-11-23(12-15-25)19(2)30-36-21(4)34/h11-18H,6-10H2,1-5H3/b30-19+,31-28+. The van der Waals surface area contributed by atoms with Gasteiger partial charge in [-0.1, -0.05) is 60.8 Å². The summed E-state index contributed by atoms with van der Waals surface area (Å²) in [6.45, 7) is 8.08. The first-order chi connectivity index (χ1) is 17.7. The van der Waals surface area contributed by atoms with Crippen molar-refractivity contribution in [3.05, 3.63) is 65.4 Å². The van der Waals surface area contributed by atoms with E-state index in [0.717, 1.165) is 53.4 Å². The quantitative estimate of drug-likeness (QED) is 0.0997. The fourth-order valence-electron chi connectivity index (χ4n) is 4.01. The van der Waals surface area contributed by atoms with Gasteiger partial charge in [-0.15, -0.1) is 0 Å². The molecule has 37 heavy (non-hydrogen) atoms. The van der Waals surface area contributed by atoms with Crippen molar-refractivity contribution < 1.29 is 24.1 Å². The summed E-state index contributed by atoms with van der Waals surface area (Å²) >= 11 is 0. The molecule has 0 saturated heterocycles. The fraction of sp³-hybridized carbons (Fsp3) is 0.345. The Bertz CT molecular complexity index is 1350. The molecule has 0 aliphatic carbocycles. The van der Waals surface area contributed by atoms with Gasteiger partial charge in [-0.3, -0.25) is 4.79 Å². The number of unbranched alkanes of at least 4 members (excludes halogenated alkanes) is 3. The minimum atomic E-state index is -0.482. The number of nitrogens with zero attached hydrogens (tertiary/aromatic N) is 3. The van der Waals surface area contributed by atoms with Crippen LogP contribution >= 0.6 is 0 Å². The van der Waals surface area contributed by atoms with E-state index in [2.05, 4.69) is 17.2 Å². The van der Waals surface area contributed by atoms with E-state index < -0.39 is 11.9 Å². The van der Waals surface area contributed by atoms with Gasteiger partial charge in [-0.05, 0) is 50.5 Å². The van der Waals surface area contributed by atoms with Gasteiger partial charge in [0.1, 0.15) is 0 Å². The number of carbonyl (C=O) groups excluding carboxylic acids is 3. The first kappa shape index (κ1) is 27.5. The second-order valence-corrected chi connectivity index (χ2v) is 8.94. The highest BCUT2D eigenvalue weighted by Gasteiger charge is 2.17. The van der Waals surface area contributed by atoms with Crippen molar-refractivity contribution in [3.63, 3.8) is 0 Å². The topological polar surface area (TPSA) is 99.3 Å². The monoisotopic (exact) mass is 503 g/mol. The maximum atomic E-state index is 12.1. The van der Waals surface area contributed by atoms with Crippen LogP contribution in [-0.4, -0.2) is 33.7 Å². The first-order valence-corrected chi connectivity index (χ1v) is 12.4. The molecule has 3 aromatic rings. The molecule has 1 heterocycles. The highest BCUT2D eigenvalue weighted by atomic mass is 16.7. The number of hydrogen-bond donors (Lipinski definition) is 0. The third-order valence-electron chi connectivity index (χ3n) is 5.95. The SMILES string of the molecule is CCCCCC/C(=N\OC(C)=O)c1cn(-c2ccc(/C(C)=N/OC(C)=O)cc2)c2cc(C(C)=O)ccc12. The molecule has 8 heteroatoms. The molecule has 0 N–H and O–H groups in total. The lowest BCUT2D eigenvalue weighted by molar-refractivity contribution is -0.141. The number of Topliss-reactive ketones (excluding diaryl/α,β-unsaturated/α-hetero) is 1. The lowest BCUT2D eigenvalue weighted by Crippen LogP contribution is -2.04.